The Morgan fingerprint density at radius 2 is 2.24 bits per heavy atom. The summed E-state index contributed by atoms with van der Waals surface area (Å²) in [5, 5.41) is 17.9. The molecule has 1 aliphatic rings. The van der Waals surface area contributed by atoms with Gasteiger partial charge in [0.05, 0.1) is 36.3 Å². The monoisotopic (exact) mass is 459 g/mol. The lowest BCUT2D eigenvalue weighted by Gasteiger charge is -2.14. The molecule has 9 heteroatoms. The second-order valence-corrected chi connectivity index (χ2v) is 8.12. The summed E-state index contributed by atoms with van der Waals surface area (Å²) < 4.78 is 7.82. The molecule has 2 N–H and O–H groups in total. The number of nitrogens with zero attached hydrogens (tertiary/aromatic N) is 4. The molecule has 4 rings (SSSR count). The van der Waals surface area contributed by atoms with Gasteiger partial charge in [0, 0.05) is 30.7 Å². The van der Waals surface area contributed by atoms with E-state index >= 15 is 0 Å². The van der Waals surface area contributed by atoms with E-state index in [4.69, 9.17) is 4.74 Å². The summed E-state index contributed by atoms with van der Waals surface area (Å²) in [6, 6.07) is 5.91. The number of aromatic nitrogens is 4. The van der Waals surface area contributed by atoms with Crippen LogP contribution in [0.1, 0.15) is 29.7 Å². The maximum atomic E-state index is 13.0. The minimum atomic E-state index is -0.554. The molecule has 1 unspecified atom stereocenters. The van der Waals surface area contributed by atoms with Crippen molar-refractivity contribution in [2.45, 2.75) is 31.9 Å². The highest BCUT2D eigenvalue weighted by Crippen LogP contribution is 2.39. The van der Waals surface area contributed by atoms with Crippen LogP contribution >= 0.6 is 15.9 Å². The number of fused-ring (bicyclic) bond motifs is 2. The fraction of sp³-hybridized carbons (Fsp3) is 0.400. The maximum absolute atomic E-state index is 13.0. The van der Waals surface area contributed by atoms with Crippen LogP contribution in [-0.4, -0.2) is 57.0 Å². The fourth-order valence-corrected chi connectivity index (χ4v) is 3.95. The molecule has 1 aromatic carbocycles. The molecule has 0 bridgehead atoms. The van der Waals surface area contributed by atoms with Crippen LogP contribution < -0.4 is 5.32 Å². The second kappa shape index (κ2) is 8.17. The summed E-state index contributed by atoms with van der Waals surface area (Å²) in [6.07, 6.45) is 1.69. The van der Waals surface area contributed by atoms with Gasteiger partial charge in [-0.15, -0.1) is 0 Å². The zero-order valence-corrected chi connectivity index (χ0v) is 17.8. The molecule has 0 spiro atoms. The number of methoxy groups -OCH3 is 1. The van der Waals surface area contributed by atoms with Crippen LogP contribution in [0.4, 0.5) is 5.95 Å². The van der Waals surface area contributed by atoms with Crippen LogP contribution in [0.15, 0.2) is 28.9 Å². The first kappa shape index (κ1) is 19.9. The van der Waals surface area contributed by atoms with Crippen molar-refractivity contribution in [3.63, 3.8) is 0 Å². The minimum Gasteiger partial charge on any atom is -0.392 e. The Hall–Kier alpha value is -2.36. The maximum Gasteiger partial charge on any atom is 0.225 e. The van der Waals surface area contributed by atoms with Crippen molar-refractivity contribution in [1.82, 2.24) is 19.7 Å². The van der Waals surface area contributed by atoms with E-state index in [1.807, 2.05) is 24.4 Å². The number of aliphatic hydroxyl groups excluding tert-OH is 1. The van der Waals surface area contributed by atoms with Gasteiger partial charge in [-0.25, -0.2) is 4.98 Å². The van der Waals surface area contributed by atoms with Gasteiger partial charge in [-0.1, -0.05) is 22.0 Å². The average Bonchev–Trinajstić information content (AvgIpc) is 3.23. The minimum absolute atomic E-state index is 0.101. The Morgan fingerprint density at radius 3 is 3.00 bits per heavy atom. The number of rotatable bonds is 7. The van der Waals surface area contributed by atoms with Gasteiger partial charge in [0.15, 0.2) is 11.4 Å². The first-order valence-electron chi connectivity index (χ1n) is 9.43. The lowest BCUT2D eigenvalue weighted by molar-refractivity contribution is -0.118. The second-order valence-electron chi connectivity index (χ2n) is 7.20. The molecule has 0 saturated heterocycles. The molecular formula is C20H22BrN5O3. The van der Waals surface area contributed by atoms with Crippen molar-refractivity contribution >= 4 is 38.7 Å². The largest absolute Gasteiger partial charge is 0.392 e. The van der Waals surface area contributed by atoms with E-state index in [1.165, 1.54) is 0 Å². The number of hydrogen-bond acceptors (Lipinski definition) is 7. The Balaban J connectivity index is 1.84. The zero-order valence-electron chi connectivity index (χ0n) is 16.2. The van der Waals surface area contributed by atoms with E-state index in [-0.39, 0.29) is 5.78 Å². The molecule has 0 aliphatic heterocycles. The van der Waals surface area contributed by atoms with Crippen LogP contribution in [0.5, 0.6) is 0 Å². The topological polar surface area (TPSA) is 102 Å². The number of halogens is 1. The van der Waals surface area contributed by atoms with Gasteiger partial charge in [-0.2, -0.15) is 10.1 Å². The summed E-state index contributed by atoms with van der Waals surface area (Å²) in [7, 11) is 1.64. The SMILES string of the molecule is COCCn1cc2c(C3C(=O)Cc4ccc(Br)cc43)nc(NC[C@H](C)O)nc2n1. The number of hydrogen-bond donors (Lipinski definition) is 2. The Kier molecular flexibility index (Phi) is 5.62. The number of nitrogens with one attached hydrogen (secondary N) is 1. The molecule has 2 atom stereocenters. The van der Waals surface area contributed by atoms with Gasteiger partial charge in [-0.3, -0.25) is 9.48 Å². The van der Waals surface area contributed by atoms with Gasteiger partial charge in [0.2, 0.25) is 5.95 Å². The van der Waals surface area contributed by atoms with Crippen LogP contribution in [0.3, 0.4) is 0 Å². The smallest absolute Gasteiger partial charge is 0.225 e. The molecule has 29 heavy (non-hydrogen) atoms. The average molecular weight is 460 g/mol. The van der Waals surface area contributed by atoms with E-state index in [0.717, 1.165) is 21.0 Å². The van der Waals surface area contributed by atoms with Crippen molar-refractivity contribution < 1.29 is 14.6 Å². The number of carbonyl (C=O) groups excluding carboxylic acids is 1. The van der Waals surface area contributed by atoms with Gasteiger partial charge in [0.25, 0.3) is 0 Å². The van der Waals surface area contributed by atoms with Crippen LogP contribution in [0, 0.1) is 0 Å². The Bertz CT molecular complexity index is 1070. The highest BCUT2D eigenvalue weighted by atomic mass is 79.9. The van der Waals surface area contributed by atoms with E-state index in [0.29, 0.717) is 43.4 Å². The summed E-state index contributed by atoms with van der Waals surface area (Å²) in [4.78, 5) is 22.1. The van der Waals surface area contributed by atoms with E-state index in [1.54, 1.807) is 18.7 Å². The molecular weight excluding hydrogens is 438 g/mol. The number of carbonyl (C=O) groups is 1. The normalized spacial score (nSPS) is 17.0. The van der Waals surface area contributed by atoms with Gasteiger partial charge in [-0.05, 0) is 30.2 Å². The van der Waals surface area contributed by atoms with E-state index < -0.39 is 12.0 Å². The number of aliphatic hydroxyl groups is 1. The fourth-order valence-electron chi connectivity index (χ4n) is 3.57. The molecule has 0 amide bonds. The third kappa shape index (κ3) is 4.03. The predicted octanol–water partition coefficient (Wildman–Crippen LogP) is 2.29. The number of benzene rings is 1. The van der Waals surface area contributed by atoms with Crippen LogP contribution in [0.25, 0.3) is 11.0 Å². The number of ketones is 1. The number of anilines is 1. The van der Waals surface area contributed by atoms with Crippen LogP contribution in [0.2, 0.25) is 0 Å². The van der Waals surface area contributed by atoms with Gasteiger partial charge < -0.3 is 15.2 Å². The predicted molar refractivity (Wildman–Crippen MR) is 112 cm³/mol. The molecule has 0 radical (unpaired) electrons. The first-order valence-corrected chi connectivity index (χ1v) is 10.2. The highest BCUT2D eigenvalue weighted by Gasteiger charge is 2.35. The summed E-state index contributed by atoms with van der Waals surface area (Å²) in [5.41, 5.74) is 3.11. The highest BCUT2D eigenvalue weighted by molar-refractivity contribution is 9.10. The van der Waals surface area contributed by atoms with Gasteiger partial charge in [0.1, 0.15) is 0 Å². The van der Waals surface area contributed by atoms with Gasteiger partial charge >= 0.3 is 0 Å². The molecule has 0 fully saturated rings. The van der Waals surface area contributed by atoms with Crippen molar-refractivity contribution in [3.05, 3.63) is 45.7 Å². The summed E-state index contributed by atoms with van der Waals surface area (Å²) in [6.45, 7) is 3.07. The molecule has 8 nitrogen and oxygen atoms in total. The molecule has 2 heterocycles. The van der Waals surface area contributed by atoms with Crippen molar-refractivity contribution in [2.24, 2.45) is 0 Å². The van der Waals surface area contributed by atoms with Crippen molar-refractivity contribution in [2.75, 3.05) is 25.6 Å². The molecule has 152 valence electrons. The Labute approximate surface area is 176 Å². The van der Waals surface area contributed by atoms with Crippen LogP contribution in [-0.2, 0) is 22.5 Å². The third-order valence-corrected chi connectivity index (χ3v) is 5.41. The van der Waals surface area contributed by atoms with Crippen molar-refractivity contribution in [3.8, 4) is 0 Å². The number of ether oxygens (including phenoxy) is 1. The van der Waals surface area contributed by atoms with Crippen molar-refractivity contribution in [1.29, 1.82) is 0 Å². The zero-order chi connectivity index (χ0) is 20.5. The standard InChI is InChI=1S/C20H22BrN5O3/c1-11(27)9-22-20-23-18(15-10-26(5-6-29-2)25-19(15)24-20)17-14-8-13(21)4-3-12(14)7-16(17)28/h3-4,8,10-11,17,27H,5-7,9H2,1-2H3,(H,22,24,25)/t11-,17?/m0/s1. The van der Waals surface area contributed by atoms with E-state index in [2.05, 4.69) is 36.3 Å². The van der Waals surface area contributed by atoms with E-state index in [9.17, 15) is 9.90 Å². The first-order chi connectivity index (χ1) is 14.0. The molecule has 3 aromatic rings. The number of Topliss-reactive ketones (excluding diaryl/α,β-unsaturated/α-hetero) is 1. The molecule has 2 aromatic heterocycles. The molecule has 0 saturated carbocycles. The Morgan fingerprint density at radius 1 is 1.41 bits per heavy atom. The summed E-state index contributed by atoms with van der Waals surface area (Å²) >= 11 is 3.51. The molecule has 1 aliphatic carbocycles. The quantitative estimate of drug-likeness (QED) is 0.558. The third-order valence-electron chi connectivity index (χ3n) is 4.92. The summed E-state index contributed by atoms with van der Waals surface area (Å²) in [5.74, 6) is -0.0222. The lowest BCUT2D eigenvalue weighted by Crippen LogP contribution is -2.18. The lowest BCUT2D eigenvalue weighted by atomic mass is 9.95.